The van der Waals surface area contributed by atoms with Gasteiger partial charge >= 0.3 is 5.97 Å². The number of carbonyl (C=O) groups excluding carboxylic acids is 1. The molecule has 0 aromatic carbocycles. The van der Waals surface area contributed by atoms with Gasteiger partial charge in [-0.15, -0.1) is 11.8 Å². The minimum absolute atomic E-state index is 0.229. The van der Waals surface area contributed by atoms with E-state index in [0.717, 1.165) is 5.88 Å². The van der Waals surface area contributed by atoms with E-state index in [1.165, 1.54) is 0 Å². The summed E-state index contributed by atoms with van der Waals surface area (Å²) in [5, 5.41) is 14.7. The first-order valence-corrected chi connectivity index (χ1v) is 6.32. The van der Waals surface area contributed by atoms with E-state index in [0.29, 0.717) is 5.75 Å². The Bertz CT molecular complexity index is 282. The van der Waals surface area contributed by atoms with Crippen LogP contribution in [0.25, 0.3) is 0 Å². The lowest BCUT2D eigenvalue weighted by molar-refractivity contribution is -0.145. The van der Waals surface area contributed by atoms with E-state index < -0.39 is 17.4 Å². The fourth-order valence-electron chi connectivity index (χ4n) is 1.46. The standard InChI is InChI=1S/C10H18N2O3S/c1-10(2,3)7(9(14)15)12-8(13)6-4-16-5-11-6/h6-7,11H,4-5H2,1-3H3,(H,12,13)(H,14,15)/t6?,7-/m0/s1. The van der Waals surface area contributed by atoms with E-state index >= 15 is 0 Å². The van der Waals surface area contributed by atoms with Gasteiger partial charge < -0.3 is 10.4 Å². The van der Waals surface area contributed by atoms with E-state index in [2.05, 4.69) is 10.6 Å². The summed E-state index contributed by atoms with van der Waals surface area (Å²) in [5.41, 5.74) is -0.493. The summed E-state index contributed by atoms with van der Waals surface area (Å²) in [7, 11) is 0. The van der Waals surface area contributed by atoms with Crippen molar-refractivity contribution in [3.8, 4) is 0 Å². The number of hydrogen-bond acceptors (Lipinski definition) is 4. The molecule has 0 saturated carbocycles. The monoisotopic (exact) mass is 246 g/mol. The molecule has 1 heterocycles. The quantitative estimate of drug-likeness (QED) is 0.666. The average molecular weight is 246 g/mol. The van der Waals surface area contributed by atoms with Crippen LogP contribution in [0.3, 0.4) is 0 Å². The van der Waals surface area contributed by atoms with E-state index in [1.54, 1.807) is 32.5 Å². The fourth-order valence-corrected chi connectivity index (χ4v) is 2.40. The summed E-state index contributed by atoms with van der Waals surface area (Å²) in [5.74, 6) is 0.215. The molecule has 1 unspecified atom stereocenters. The van der Waals surface area contributed by atoms with Crippen LogP contribution >= 0.6 is 11.8 Å². The molecule has 1 saturated heterocycles. The minimum atomic E-state index is -0.994. The molecule has 0 radical (unpaired) electrons. The van der Waals surface area contributed by atoms with Crippen LogP contribution in [0, 0.1) is 5.41 Å². The number of carbonyl (C=O) groups is 2. The number of rotatable bonds is 3. The van der Waals surface area contributed by atoms with Crippen LogP contribution in [0.2, 0.25) is 0 Å². The van der Waals surface area contributed by atoms with E-state index in [1.807, 2.05) is 0 Å². The predicted octanol–water partition coefficient (Wildman–Crippen LogP) is 0.264. The summed E-state index contributed by atoms with van der Waals surface area (Å²) >= 11 is 1.63. The Labute approximate surface area is 99.4 Å². The van der Waals surface area contributed by atoms with Gasteiger partial charge in [-0.25, -0.2) is 4.79 Å². The maximum Gasteiger partial charge on any atom is 0.326 e. The molecular formula is C10H18N2O3S. The maximum atomic E-state index is 11.8. The Morgan fingerprint density at radius 2 is 2.12 bits per heavy atom. The zero-order valence-electron chi connectivity index (χ0n) is 9.74. The predicted molar refractivity (Wildman–Crippen MR) is 63.3 cm³/mol. The lowest BCUT2D eigenvalue weighted by atomic mass is 9.86. The molecule has 5 nitrogen and oxygen atoms in total. The van der Waals surface area contributed by atoms with E-state index in [9.17, 15) is 9.59 Å². The van der Waals surface area contributed by atoms with Crippen LogP contribution in [0.1, 0.15) is 20.8 Å². The molecular weight excluding hydrogens is 228 g/mol. The fraction of sp³-hybridized carbons (Fsp3) is 0.800. The lowest BCUT2D eigenvalue weighted by Crippen LogP contribution is -2.54. The van der Waals surface area contributed by atoms with Crippen LogP contribution < -0.4 is 10.6 Å². The van der Waals surface area contributed by atoms with E-state index in [4.69, 9.17) is 5.11 Å². The SMILES string of the molecule is CC(C)(C)[C@@H](NC(=O)C1CSCN1)C(=O)O. The van der Waals surface area contributed by atoms with Gasteiger partial charge in [-0.3, -0.25) is 10.1 Å². The Hall–Kier alpha value is -0.750. The van der Waals surface area contributed by atoms with Crippen molar-refractivity contribution >= 4 is 23.6 Å². The van der Waals surface area contributed by atoms with Gasteiger partial charge in [-0.2, -0.15) is 0 Å². The van der Waals surface area contributed by atoms with Gasteiger partial charge in [0, 0.05) is 11.6 Å². The van der Waals surface area contributed by atoms with Crippen LogP contribution in [-0.4, -0.2) is 40.7 Å². The van der Waals surface area contributed by atoms with Crippen molar-refractivity contribution in [2.24, 2.45) is 5.41 Å². The number of carboxylic acids is 1. The van der Waals surface area contributed by atoms with Crippen LogP contribution in [0.15, 0.2) is 0 Å². The molecule has 0 spiro atoms. The molecule has 0 bridgehead atoms. The lowest BCUT2D eigenvalue weighted by Gasteiger charge is -2.28. The molecule has 1 aliphatic heterocycles. The highest BCUT2D eigenvalue weighted by Crippen LogP contribution is 2.20. The van der Waals surface area contributed by atoms with Gasteiger partial charge in [0.05, 0.1) is 6.04 Å². The molecule has 16 heavy (non-hydrogen) atoms. The molecule has 0 aliphatic carbocycles. The number of nitrogens with one attached hydrogen (secondary N) is 2. The smallest absolute Gasteiger partial charge is 0.326 e. The average Bonchev–Trinajstić information content (AvgIpc) is 2.63. The second-order valence-corrected chi connectivity index (χ2v) is 5.95. The van der Waals surface area contributed by atoms with Gasteiger partial charge in [0.25, 0.3) is 0 Å². The number of amides is 1. The Kier molecular flexibility index (Phi) is 4.21. The van der Waals surface area contributed by atoms with Crippen molar-refractivity contribution < 1.29 is 14.7 Å². The molecule has 1 aliphatic rings. The minimum Gasteiger partial charge on any atom is -0.480 e. The van der Waals surface area contributed by atoms with Crippen LogP contribution in [0.5, 0.6) is 0 Å². The van der Waals surface area contributed by atoms with Gasteiger partial charge in [0.2, 0.25) is 5.91 Å². The highest BCUT2D eigenvalue weighted by atomic mass is 32.2. The van der Waals surface area contributed by atoms with Crippen molar-refractivity contribution in [2.75, 3.05) is 11.6 Å². The third-order valence-corrected chi connectivity index (χ3v) is 3.37. The van der Waals surface area contributed by atoms with Gasteiger partial charge in [0.15, 0.2) is 0 Å². The molecule has 2 atom stereocenters. The zero-order chi connectivity index (χ0) is 12.3. The van der Waals surface area contributed by atoms with Crippen LogP contribution in [-0.2, 0) is 9.59 Å². The maximum absolute atomic E-state index is 11.8. The Morgan fingerprint density at radius 3 is 2.50 bits per heavy atom. The topological polar surface area (TPSA) is 78.4 Å². The van der Waals surface area contributed by atoms with Crippen LogP contribution in [0.4, 0.5) is 0 Å². The molecule has 92 valence electrons. The van der Waals surface area contributed by atoms with Crippen molar-refractivity contribution in [2.45, 2.75) is 32.9 Å². The molecule has 0 aromatic heterocycles. The summed E-state index contributed by atoms with van der Waals surface area (Å²) in [6.07, 6.45) is 0. The zero-order valence-corrected chi connectivity index (χ0v) is 10.6. The molecule has 6 heteroatoms. The van der Waals surface area contributed by atoms with Gasteiger partial charge in [-0.05, 0) is 5.41 Å². The third-order valence-electron chi connectivity index (χ3n) is 2.43. The van der Waals surface area contributed by atoms with Gasteiger partial charge in [0.1, 0.15) is 6.04 Å². The Balaban J connectivity index is 2.61. The first-order valence-electron chi connectivity index (χ1n) is 5.16. The van der Waals surface area contributed by atoms with Crippen molar-refractivity contribution in [3.05, 3.63) is 0 Å². The van der Waals surface area contributed by atoms with E-state index in [-0.39, 0.29) is 11.9 Å². The summed E-state index contributed by atoms with van der Waals surface area (Å²) < 4.78 is 0. The van der Waals surface area contributed by atoms with Crippen molar-refractivity contribution in [3.63, 3.8) is 0 Å². The van der Waals surface area contributed by atoms with Crippen molar-refractivity contribution in [1.29, 1.82) is 0 Å². The summed E-state index contributed by atoms with van der Waals surface area (Å²) in [6.45, 7) is 5.38. The highest BCUT2D eigenvalue weighted by molar-refractivity contribution is 7.99. The largest absolute Gasteiger partial charge is 0.480 e. The normalized spacial score (nSPS) is 22.8. The molecule has 1 amide bonds. The first kappa shape index (κ1) is 13.3. The summed E-state index contributed by atoms with van der Waals surface area (Å²) in [4.78, 5) is 22.8. The Morgan fingerprint density at radius 1 is 1.50 bits per heavy atom. The molecule has 1 fully saturated rings. The van der Waals surface area contributed by atoms with Crippen molar-refractivity contribution in [1.82, 2.24) is 10.6 Å². The second-order valence-electron chi connectivity index (χ2n) is 4.92. The third kappa shape index (κ3) is 3.38. The first-order chi connectivity index (χ1) is 7.32. The molecule has 1 rings (SSSR count). The number of carboxylic acid groups (broad SMARTS) is 1. The number of aliphatic carboxylic acids is 1. The number of thioether (sulfide) groups is 1. The molecule has 3 N–H and O–H groups in total. The summed E-state index contributed by atoms with van der Waals surface area (Å²) in [6, 6.07) is -1.12. The second kappa shape index (κ2) is 5.05. The molecule has 0 aromatic rings. The van der Waals surface area contributed by atoms with Gasteiger partial charge in [-0.1, -0.05) is 20.8 Å². The highest BCUT2D eigenvalue weighted by Gasteiger charge is 2.34. The number of hydrogen-bond donors (Lipinski definition) is 3.